The van der Waals surface area contributed by atoms with E-state index in [-0.39, 0.29) is 11.4 Å². The van der Waals surface area contributed by atoms with Crippen LogP contribution in [0.5, 0.6) is 0 Å². The van der Waals surface area contributed by atoms with Crippen molar-refractivity contribution in [1.82, 2.24) is 23.8 Å². The molecule has 0 aliphatic heterocycles. The molecule has 0 aromatic carbocycles. The molecule has 7 nitrogen and oxygen atoms in total. The topological polar surface area (TPSA) is 83.9 Å². The highest BCUT2D eigenvalue weighted by molar-refractivity contribution is 7.89. The molecule has 1 saturated carbocycles. The fraction of sp³-hybridized carbons (Fsp3) is 0.333. The van der Waals surface area contributed by atoms with Gasteiger partial charge in [0.05, 0.1) is 11.6 Å². The molecule has 3 heterocycles. The summed E-state index contributed by atoms with van der Waals surface area (Å²) in [6.07, 6.45) is 8.78. The smallest absolute Gasteiger partial charge is 0.245 e. The molecule has 4 rings (SSSR count). The van der Waals surface area contributed by atoms with Gasteiger partial charge >= 0.3 is 0 Å². The average Bonchev–Trinajstić information content (AvgIpc) is 3.13. The summed E-state index contributed by atoms with van der Waals surface area (Å²) >= 11 is 5.96. The predicted octanol–water partition coefficient (Wildman–Crippen LogP) is 2.57. The molecule has 24 heavy (non-hydrogen) atoms. The largest absolute Gasteiger partial charge is 0.345 e. The summed E-state index contributed by atoms with van der Waals surface area (Å²) in [5.74, 6) is 0.750. The number of fused-ring (bicyclic) bond motifs is 1. The minimum absolute atomic E-state index is 0.166. The van der Waals surface area contributed by atoms with Gasteiger partial charge in [-0.2, -0.15) is 4.31 Å². The zero-order valence-electron chi connectivity index (χ0n) is 13.0. The van der Waals surface area contributed by atoms with Gasteiger partial charge in [0.1, 0.15) is 16.4 Å². The van der Waals surface area contributed by atoms with E-state index in [1.54, 1.807) is 19.3 Å². The number of sulfonamides is 1. The molecule has 0 atom stereocenters. The molecule has 0 amide bonds. The fourth-order valence-electron chi connectivity index (χ4n) is 2.77. The van der Waals surface area contributed by atoms with Crippen molar-refractivity contribution < 1.29 is 8.42 Å². The first-order valence-electron chi connectivity index (χ1n) is 7.57. The minimum Gasteiger partial charge on any atom is -0.345 e. The van der Waals surface area contributed by atoms with Crippen molar-refractivity contribution in [3.05, 3.63) is 41.7 Å². The monoisotopic (exact) mass is 365 g/mol. The number of pyridine rings is 1. The van der Waals surface area contributed by atoms with Gasteiger partial charge < -0.3 is 9.55 Å². The Morgan fingerprint density at radius 1 is 1.42 bits per heavy atom. The average molecular weight is 366 g/mol. The number of nitrogens with zero attached hydrogens (tertiary/aromatic N) is 4. The van der Waals surface area contributed by atoms with Crippen LogP contribution in [0, 0.1) is 0 Å². The van der Waals surface area contributed by atoms with E-state index >= 15 is 0 Å². The lowest BCUT2D eigenvalue weighted by Crippen LogP contribution is -2.27. The Balaban J connectivity index is 1.68. The summed E-state index contributed by atoms with van der Waals surface area (Å²) in [5.41, 5.74) is 0.492. The fourth-order valence-corrected chi connectivity index (χ4v) is 4.19. The third-order valence-electron chi connectivity index (χ3n) is 4.20. The Kier molecular flexibility index (Phi) is 3.63. The lowest BCUT2D eigenvalue weighted by molar-refractivity contribution is 0.447. The van der Waals surface area contributed by atoms with E-state index in [9.17, 15) is 8.42 Å². The lowest BCUT2D eigenvalue weighted by atomic mass is 10.3. The normalized spacial score (nSPS) is 15.5. The predicted molar refractivity (Wildman–Crippen MR) is 90.3 cm³/mol. The number of aromatic amines is 1. The van der Waals surface area contributed by atoms with Gasteiger partial charge in [-0.25, -0.2) is 18.4 Å². The Bertz CT molecular complexity index is 1010. The van der Waals surface area contributed by atoms with E-state index < -0.39 is 10.0 Å². The zero-order chi connectivity index (χ0) is 16.9. The van der Waals surface area contributed by atoms with Crippen LogP contribution in [0.4, 0.5) is 0 Å². The molecule has 1 N–H and O–H groups in total. The van der Waals surface area contributed by atoms with E-state index in [1.165, 1.54) is 16.7 Å². The summed E-state index contributed by atoms with van der Waals surface area (Å²) in [6, 6.07) is 2.06. The molecule has 1 aliphatic carbocycles. The van der Waals surface area contributed by atoms with Gasteiger partial charge in [-0.05, 0) is 18.9 Å². The number of hydrogen-bond acceptors (Lipinski definition) is 4. The van der Waals surface area contributed by atoms with Crippen LogP contribution in [0.2, 0.25) is 5.02 Å². The molecule has 3 aromatic heterocycles. The minimum atomic E-state index is -3.69. The maximum atomic E-state index is 12.9. The van der Waals surface area contributed by atoms with Crippen molar-refractivity contribution in [2.24, 2.45) is 0 Å². The van der Waals surface area contributed by atoms with Gasteiger partial charge in [0, 0.05) is 43.3 Å². The van der Waals surface area contributed by atoms with E-state index in [0.717, 1.165) is 18.7 Å². The second-order valence-electron chi connectivity index (χ2n) is 5.95. The van der Waals surface area contributed by atoms with Gasteiger partial charge in [-0.15, -0.1) is 0 Å². The van der Waals surface area contributed by atoms with Crippen LogP contribution in [0.1, 0.15) is 24.7 Å². The van der Waals surface area contributed by atoms with Crippen molar-refractivity contribution in [2.75, 3.05) is 7.05 Å². The van der Waals surface area contributed by atoms with E-state index in [4.69, 9.17) is 11.6 Å². The standard InChI is InChI=1S/C15H16ClN5O2S/c1-20(9-14-17-4-5-21(14)11-2-3-11)24(22,23)13-8-19-15-12(13)6-10(16)7-18-15/h4-8,11H,2-3,9H2,1H3,(H,18,19). The Labute approximate surface area is 144 Å². The van der Waals surface area contributed by atoms with Gasteiger partial charge in [-0.3, -0.25) is 0 Å². The van der Waals surface area contributed by atoms with Gasteiger partial charge in [-0.1, -0.05) is 11.6 Å². The van der Waals surface area contributed by atoms with Crippen LogP contribution < -0.4 is 0 Å². The first kappa shape index (κ1) is 15.6. The second-order valence-corrected chi connectivity index (χ2v) is 8.40. The number of aromatic nitrogens is 4. The van der Waals surface area contributed by atoms with E-state index in [0.29, 0.717) is 22.1 Å². The molecule has 3 aromatic rings. The summed E-state index contributed by atoms with van der Waals surface area (Å²) in [4.78, 5) is 11.5. The molecular weight excluding hydrogens is 350 g/mol. The summed E-state index contributed by atoms with van der Waals surface area (Å²) in [7, 11) is -2.13. The van der Waals surface area contributed by atoms with Crippen molar-refractivity contribution >= 4 is 32.7 Å². The number of halogens is 1. The Hall–Kier alpha value is -1.90. The maximum absolute atomic E-state index is 12.9. The second kappa shape index (κ2) is 5.58. The van der Waals surface area contributed by atoms with Gasteiger partial charge in [0.25, 0.3) is 0 Å². The molecule has 0 unspecified atom stereocenters. The molecule has 0 saturated heterocycles. The van der Waals surface area contributed by atoms with Crippen LogP contribution in [-0.4, -0.2) is 39.3 Å². The van der Waals surface area contributed by atoms with Crippen LogP contribution in [0.25, 0.3) is 11.0 Å². The molecule has 9 heteroatoms. The molecular formula is C15H16ClN5O2S. The molecule has 0 radical (unpaired) electrons. The van der Waals surface area contributed by atoms with Gasteiger partial charge in [0.15, 0.2) is 0 Å². The first-order valence-corrected chi connectivity index (χ1v) is 9.39. The van der Waals surface area contributed by atoms with Crippen LogP contribution >= 0.6 is 11.6 Å². The molecule has 126 valence electrons. The first-order chi connectivity index (χ1) is 11.5. The van der Waals surface area contributed by atoms with Crippen LogP contribution in [0.3, 0.4) is 0 Å². The Morgan fingerprint density at radius 2 is 2.21 bits per heavy atom. The number of H-pyrrole nitrogens is 1. The van der Waals surface area contributed by atoms with Crippen molar-refractivity contribution in [3.8, 4) is 0 Å². The zero-order valence-corrected chi connectivity index (χ0v) is 14.5. The molecule has 0 bridgehead atoms. The van der Waals surface area contributed by atoms with Crippen molar-refractivity contribution in [1.29, 1.82) is 0 Å². The van der Waals surface area contributed by atoms with Crippen molar-refractivity contribution in [2.45, 2.75) is 30.3 Å². The van der Waals surface area contributed by atoms with E-state index in [1.807, 2.05) is 6.20 Å². The molecule has 0 spiro atoms. The number of imidazole rings is 1. The summed E-state index contributed by atoms with van der Waals surface area (Å²) in [5, 5.41) is 0.880. The summed E-state index contributed by atoms with van der Waals surface area (Å²) < 4.78 is 29.2. The highest BCUT2D eigenvalue weighted by atomic mass is 35.5. The highest BCUT2D eigenvalue weighted by Crippen LogP contribution is 2.36. The molecule has 1 aliphatic rings. The van der Waals surface area contributed by atoms with Gasteiger partial charge in [0.2, 0.25) is 10.0 Å². The quantitative estimate of drug-likeness (QED) is 0.753. The maximum Gasteiger partial charge on any atom is 0.245 e. The molecule has 1 fully saturated rings. The lowest BCUT2D eigenvalue weighted by Gasteiger charge is -2.17. The van der Waals surface area contributed by atoms with Crippen molar-refractivity contribution in [3.63, 3.8) is 0 Å². The Morgan fingerprint density at radius 3 is 2.96 bits per heavy atom. The van der Waals surface area contributed by atoms with Crippen LogP contribution in [0.15, 0.2) is 35.7 Å². The number of nitrogens with one attached hydrogen (secondary N) is 1. The highest BCUT2D eigenvalue weighted by Gasteiger charge is 2.29. The summed E-state index contributed by atoms with van der Waals surface area (Å²) in [6.45, 7) is 0.215. The third-order valence-corrected chi connectivity index (χ3v) is 6.25. The number of rotatable bonds is 5. The number of hydrogen-bond donors (Lipinski definition) is 1. The van der Waals surface area contributed by atoms with Crippen LogP contribution in [-0.2, 0) is 16.6 Å². The third kappa shape index (κ3) is 2.60. The SMILES string of the molecule is CN(Cc1nccn1C1CC1)S(=O)(=O)c1c[nH]c2ncc(Cl)cc12. The van der Waals surface area contributed by atoms with E-state index in [2.05, 4.69) is 19.5 Å².